The Morgan fingerprint density at radius 2 is 1.87 bits per heavy atom. The van der Waals surface area contributed by atoms with Gasteiger partial charge in [0.1, 0.15) is 11.6 Å². The summed E-state index contributed by atoms with van der Waals surface area (Å²) < 4.78 is 63.5. The number of halogens is 4. The number of carbonyl (C=O) groups excluding carboxylic acids is 2. The molecule has 1 atom stereocenters. The van der Waals surface area contributed by atoms with Crippen LogP contribution in [-0.4, -0.2) is 31.5 Å². The largest absolute Gasteiger partial charge is 0.493 e. The van der Waals surface area contributed by atoms with E-state index in [9.17, 15) is 27.2 Å². The minimum Gasteiger partial charge on any atom is -0.493 e. The van der Waals surface area contributed by atoms with E-state index in [-0.39, 0.29) is 35.1 Å². The number of ether oxygens (including phenoxy) is 2. The van der Waals surface area contributed by atoms with Crippen LogP contribution in [0.1, 0.15) is 28.8 Å². The molecular weight excluding hydrogens is 408 g/mol. The van der Waals surface area contributed by atoms with Gasteiger partial charge in [-0.1, -0.05) is 0 Å². The first-order valence-corrected chi connectivity index (χ1v) is 8.97. The molecule has 0 spiro atoms. The van der Waals surface area contributed by atoms with Crippen LogP contribution in [-0.2, 0) is 11.0 Å². The Bertz CT molecular complexity index is 962. The van der Waals surface area contributed by atoms with Crippen molar-refractivity contribution in [2.75, 3.05) is 13.7 Å². The molecule has 1 fully saturated rings. The third kappa shape index (κ3) is 5.00. The van der Waals surface area contributed by atoms with Gasteiger partial charge in [0.25, 0.3) is 5.91 Å². The van der Waals surface area contributed by atoms with Crippen LogP contribution in [0.15, 0.2) is 36.4 Å². The average molecular weight is 426 g/mol. The first-order valence-electron chi connectivity index (χ1n) is 8.97. The first kappa shape index (κ1) is 21.4. The Morgan fingerprint density at radius 1 is 1.13 bits per heavy atom. The monoisotopic (exact) mass is 426 g/mol. The Morgan fingerprint density at radius 3 is 2.53 bits per heavy atom. The summed E-state index contributed by atoms with van der Waals surface area (Å²) in [5.74, 6) is -1.83. The van der Waals surface area contributed by atoms with Crippen molar-refractivity contribution in [3.8, 4) is 17.2 Å². The molecule has 0 radical (unpaired) electrons. The smallest absolute Gasteiger partial charge is 0.416 e. The molecule has 0 bridgehead atoms. The molecule has 2 aromatic carbocycles. The molecule has 1 unspecified atom stereocenters. The van der Waals surface area contributed by atoms with Gasteiger partial charge in [0.05, 0.1) is 18.2 Å². The van der Waals surface area contributed by atoms with Gasteiger partial charge in [-0.25, -0.2) is 4.39 Å². The highest BCUT2D eigenvalue weighted by molar-refractivity contribution is 5.97. The fourth-order valence-corrected chi connectivity index (χ4v) is 2.99. The highest BCUT2D eigenvalue weighted by Crippen LogP contribution is 2.37. The molecule has 2 amide bonds. The molecule has 1 saturated heterocycles. The van der Waals surface area contributed by atoms with Crippen molar-refractivity contribution in [1.29, 1.82) is 0 Å². The van der Waals surface area contributed by atoms with Gasteiger partial charge < -0.3 is 20.1 Å². The molecule has 0 aliphatic carbocycles. The summed E-state index contributed by atoms with van der Waals surface area (Å²) in [6.45, 7) is 0.350. The van der Waals surface area contributed by atoms with Crippen molar-refractivity contribution in [2.45, 2.75) is 25.1 Å². The van der Waals surface area contributed by atoms with Crippen molar-refractivity contribution in [2.24, 2.45) is 0 Å². The lowest BCUT2D eigenvalue weighted by Crippen LogP contribution is -2.45. The molecule has 2 aromatic rings. The van der Waals surface area contributed by atoms with Crippen molar-refractivity contribution in [3.05, 3.63) is 53.3 Å². The summed E-state index contributed by atoms with van der Waals surface area (Å²) in [6.07, 6.45) is -4.21. The predicted molar refractivity (Wildman–Crippen MR) is 98.0 cm³/mol. The number of amides is 2. The van der Waals surface area contributed by atoms with Crippen LogP contribution >= 0.6 is 0 Å². The highest BCUT2D eigenvalue weighted by Gasteiger charge is 2.33. The van der Waals surface area contributed by atoms with Gasteiger partial charge in [-0.2, -0.15) is 13.2 Å². The summed E-state index contributed by atoms with van der Waals surface area (Å²) in [4.78, 5) is 24.2. The minimum absolute atomic E-state index is 0.00482. The van der Waals surface area contributed by atoms with Crippen molar-refractivity contribution in [1.82, 2.24) is 10.6 Å². The molecule has 3 rings (SSSR count). The highest BCUT2D eigenvalue weighted by atomic mass is 19.4. The number of piperidine rings is 1. The van der Waals surface area contributed by atoms with E-state index < -0.39 is 29.5 Å². The van der Waals surface area contributed by atoms with Gasteiger partial charge >= 0.3 is 6.18 Å². The third-order valence-corrected chi connectivity index (χ3v) is 4.48. The number of benzene rings is 2. The molecule has 2 N–H and O–H groups in total. The second-order valence-electron chi connectivity index (χ2n) is 6.62. The molecule has 1 aliphatic rings. The Kier molecular flexibility index (Phi) is 6.14. The number of rotatable bonds is 5. The van der Waals surface area contributed by atoms with E-state index in [4.69, 9.17) is 9.47 Å². The molecule has 0 aromatic heterocycles. The van der Waals surface area contributed by atoms with Crippen LogP contribution in [0.2, 0.25) is 0 Å². The van der Waals surface area contributed by atoms with Crippen molar-refractivity contribution >= 4 is 11.8 Å². The maximum Gasteiger partial charge on any atom is 0.416 e. The predicted octanol–water partition coefficient (Wildman–Crippen LogP) is 3.65. The first-order chi connectivity index (χ1) is 14.2. The summed E-state index contributed by atoms with van der Waals surface area (Å²) in [5.41, 5.74) is -1.41. The van der Waals surface area contributed by atoms with Gasteiger partial charge in [0.2, 0.25) is 5.91 Å². The van der Waals surface area contributed by atoms with Crippen LogP contribution < -0.4 is 20.1 Å². The fourth-order valence-electron chi connectivity index (χ4n) is 2.99. The number of nitrogens with one attached hydrogen (secondary N) is 2. The van der Waals surface area contributed by atoms with E-state index in [1.807, 2.05) is 0 Å². The minimum atomic E-state index is -4.67. The van der Waals surface area contributed by atoms with Crippen molar-refractivity contribution in [3.63, 3.8) is 0 Å². The van der Waals surface area contributed by atoms with Crippen molar-refractivity contribution < 1.29 is 36.6 Å². The molecular formula is C20H18F4N2O4. The summed E-state index contributed by atoms with van der Waals surface area (Å²) in [6, 6.07) is 5.29. The Labute approximate surface area is 169 Å². The fraction of sp³-hybridized carbons (Fsp3) is 0.300. The second kappa shape index (κ2) is 8.60. The molecule has 0 saturated carbocycles. The SMILES string of the molecule is COc1cc(F)ccc1Oc1ccc(C(F)(F)F)cc1C(=O)NC1CCNC(=O)C1. The standard InChI is InChI=1S/C20H18F4N2O4/c1-29-17-9-12(21)3-5-16(17)30-15-4-2-11(20(22,23)24)8-14(15)19(28)26-13-6-7-25-18(27)10-13/h2-5,8-9,13H,6-7,10H2,1H3,(H,25,27)(H,26,28). The molecule has 30 heavy (non-hydrogen) atoms. The van der Waals surface area contributed by atoms with Crippen LogP contribution in [0.5, 0.6) is 17.2 Å². The zero-order valence-electron chi connectivity index (χ0n) is 15.8. The van der Waals surface area contributed by atoms with Gasteiger partial charge in [-0.3, -0.25) is 9.59 Å². The zero-order chi connectivity index (χ0) is 21.9. The third-order valence-electron chi connectivity index (χ3n) is 4.48. The Hall–Kier alpha value is -3.30. The van der Waals surface area contributed by atoms with E-state index in [1.165, 1.54) is 13.2 Å². The number of methoxy groups -OCH3 is 1. The number of carbonyl (C=O) groups is 2. The number of alkyl halides is 3. The summed E-state index contributed by atoms with van der Waals surface area (Å²) in [5, 5.41) is 5.18. The zero-order valence-corrected chi connectivity index (χ0v) is 15.8. The average Bonchev–Trinajstić information content (AvgIpc) is 2.68. The van der Waals surface area contributed by atoms with Gasteiger partial charge in [-0.05, 0) is 36.8 Å². The molecule has 6 nitrogen and oxygen atoms in total. The number of hydrogen-bond donors (Lipinski definition) is 2. The number of hydrogen-bond acceptors (Lipinski definition) is 4. The second-order valence-corrected chi connectivity index (χ2v) is 6.62. The maximum atomic E-state index is 13.4. The quantitative estimate of drug-likeness (QED) is 0.716. The van der Waals surface area contributed by atoms with E-state index in [2.05, 4.69) is 10.6 Å². The Balaban J connectivity index is 1.94. The lowest BCUT2D eigenvalue weighted by atomic mass is 10.0. The van der Waals surface area contributed by atoms with E-state index in [0.717, 1.165) is 24.3 Å². The van der Waals surface area contributed by atoms with E-state index >= 15 is 0 Å². The molecule has 10 heteroatoms. The lowest BCUT2D eigenvalue weighted by Gasteiger charge is -2.24. The van der Waals surface area contributed by atoms with Crippen LogP contribution in [0.3, 0.4) is 0 Å². The van der Waals surface area contributed by atoms with Crippen LogP contribution in [0.25, 0.3) is 0 Å². The normalized spacial score (nSPS) is 16.6. The van der Waals surface area contributed by atoms with Crippen LogP contribution in [0.4, 0.5) is 17.6 Å². The molecule has 1 aliphatic heterocycles. The van der Waals surface area contributed by atoms with Crippen LogP contribution in [0, 0.1) is 5.82 Å². The van der Waals surface area contributed by atoms with E-state index in [0.29, 0.717) is 19.0 Å². The summed E-state index contributed by atoms with van der Waals surface area (Å²) in [7, 11) is 1.27. The maximum absolute atomic E-state index is 13.4. The van der Waals surface area contributed by atoms with E-state index in [1.54, 1.807) is 0 Å². The van der Waals surface area contributed by atoms with Gasteiger partial charge in [-0.15, -0.1) is 0 Å². The lowest BCUT2D eigenvalue weighted by molar-refractivity contribution is -0.137. The topological polar surface area (TPSA) is 76.7 Å². The molecule has 1 heterocycles. The molecule has 160 valence electrons. The van der Waals surface area contributed by atoms with Gasteiger partial charge in [0.15, 0.2) is 11.5 Å². The summed E-state index contributed by atoms with van der Waals surface area (Å²) >= 11 is 0. The van der Waals surface area contributed by atoms with Gasteiger partial charge in [0, 0.05) is 25.1 Å².